The first-order valence-corrected chi connectivity index (χ1v) is 9.12. The summed E-state index contributed by atoms with van der Waals surface area (Å²) in [5.41, 5.74) is 2.15. The number of hydrogen-bond donors (Lipinski definition) is 1. The molecule has 0 bridgehead atoms. The molecule has 0 spiro atoms. The van der Waals surface area contributed by atoms with E-state index in [0.717, 1.165) is 12.1 Å². The Balaban J connectivity index is 1.74. The van der Waals surface area contributed by atoms with Crippen LogP contribution in [0.15, 0.2) is 24.3 Å². The molecule has 0 saturated carbocycles. The van der Waals surface area contributed by atoms with Crippen molar-refractivity contribution in [2.75, 3.05) is 23.0 Å². The Morgan fingerprint density at radius 1 is 1.38 bits per heavy atom. The Morgan fingerprint density at radius 2 is 2.14 bits per heavy atom. The van der Waals surface area contributed by atoms with Crippen LogP contribution >= 0.6 is 0 Å². The molecule has 1 fully saturated rings. The van der Waals surface area contributed by atoms with Gasteiger partial charge in [0.25, 0.3) is 0 Å². The van der Waals surface area contributed by atoms with Gasteiger partial charge in [0.05, 0.1) is 11.5 Å². The molecule has 1 aromatic carbocycles. The molecule has 1 amide bonds. The third kappa shape index (κ3) is 2.96. The second kappa shape index (κ2) is 5.42. The lowest BCUT2D eigenvalue weighted by Crippen LogP contribution is -2.48. The molecular formula is C15H20N2O3S. The zero-order chi connectivity index (χ0) is 15.0. The van der Waals surface area contributed by atoms with E-state index in [0.29, 0.717) is 6.54 Å². The zero-order valence-corrected chi connectivity index (χ0v) is 12.9. The summed E-state index contributed by atoms with van der Waals surface area (Å²) >= 11 is 0. The Bertz CT molecular complexity index is 657. The van der Waals surface area contributed by atoms with Crippen molar-refractivity contribution < 1.29 is 13.2 Å². The van der Waals surface area contributed by atoms with Crippen LogP contribution in [0.5, 0.6) is 0 Å². The van der Waals surface area contributed by atoms with Crippen molar-refractivity contribution in [3.63, 3.8) is 0 Å². The molecule has 114 valence electrons. The van der Waals surface area contributed by atoms with E-state index in [9.17, 15) is 13.2 Å². The van der Waals surface area contributed by atoms with Gasteiger partial charge in [-0.2, -0.15) is 0 Å². The van der Waals surface area contributed by atoms with E-state index in [4.69, 9.17) is 0 Å². The van der Waals surface area contributed by atoms with Crippen molar-refractivity contribution in [3.05, 3.63) is 29.8 Å². The van der Waals surface area contributed by atoms with Crippen molar-refractivity contribution >= 4 is 21.4 Å². The first kappa shape index (κ1) is 14.5. The minimum atomic E-state index is -3.01. The lowest BCUT2D eigenvalue weighted by molar-refractivity contribution is -0.119. The normalized spacial score (nSPS) is 27.4. The van der Waals surface area contributed by atoms with Gasteiger partial charge in [-0.15, -0.1) is 0 Å². The van der Waals surface area contributed by atoms with E-state index in [1.807, 2.05) is 36.1 Å². The monoisotopic (exact) mass is 308 g/mol. The van der Waals surface area contributed by atoms with Crippen LogP contribution in [-0.4, -0.2) is 44.5 Å². The number of hydrogen-bond acceptors (Lipinski definition) is 4. The van der Waals surface area contributed by atoms with E-state index >= 15 is 0 Å². The molecule has 0 aliphatic carbocycles. The summed E-state index contributed by atoms with van der Waals surface area (Å²) in [5, 5.41) is 3.14. The van der Waals surface area contributed by atoms with Crippen molar-refractivity contribution in [2.45, 2.75) is 31.8 Å². The number of carbonyl (C=O) groups excluding carboxylic acids is 1. The summed E-state index contributed by atoms with van der Waals surface area (Å²) in [5.74, 6) is 0.227. The summed E-state index contributed by atoms with van der Waals surface area (Å²) in [6.45, 7) is 2.47. The Kier molecular flexibility index (Phi) is 3.75. The number of sulfone groups is 1. The van der Waals surface area contributed by atoms with Crippen LogP contribution in [-0.2, 0) is 21.1 Å². The average molecular weight is 308 g/mol. The van der Waals surface area contributed by atoms with E-state index in [2.05, 4.69) is 5.32 Å². The predicted octanol–water partition coefficient (Wildman–Crippen LogP) is 0.741. The average Bonchev–Trinajstić information content (AvgIpc) is 2.73. The number of fused-ring (bicyclic) bond motifs is 1. The van der Waals surface area contributed by atoms with Crippen molar-refractivity contribution in [1.82, 2.24) is 5.32 Å². The number of benzene rings is 1. The molecule has 5 nitrogen and oxygen atoms in total. The molecule has 0 aromatic heterocycles. The van der Waals surface area contributed by atoms with Crippen LogP contribution in [0.25, 0.3) is 0 Å². The molecule has 21 heavy (non-hydrogen) atoms. The number of carbonyl (C=O) groups is 1. The van der Waals surface area contributed by atoms with Gasteiger partial charge in [0.2, 0.25) is 5.91 Å². The Labute approximate surface area is 125 Å². The maximum atomic E-state index is 12.6. The second-order valence-corrected chi connectivity index (χ2v) is 8.14. The van der Waals surface area contributed by atoms with Crippen LogP contribution in [0.3, 0.4) is 0 Å². The Hall–Kier alpha value is -1.40. The molecule has 0 radical (unpaired) electrons. The van der Waals surface area contributed by atoms with Gasteiger partial charge in [0.1, 0.15) is 0 Å². The fourth-order valence-corrected chi connectivity index (χ4v) is 4.70. The second-order valence-electron chi connectivity index (χ2n) is 5.92. The molecule has 6 heteroatoms. The summed E-state index contributed by atoms with van der Waals surface area (Å²) in [4.78, 5) is 14.4. The number of anilines is 1. The van der Waals surface area contributed by atoms with E-state index in [1.165, 1.54) is 5.56 Å². The molecule has 2 unspecified atom stereocenters. The van der Waals surface area contributed by atoms with Crippen LogP contribution in [0.4, 0.5) is 5.69 Å². The Morgan fingerprint density at radius 3 is 2.90 bits per heavy atom. The van der Waals surface area contributed by atoms with Gasteiger partial charge >= 0.3 is 0 Å². The summed E-state index contributed by atoms with van der Waals surface area (Å²) in [7, 11) is -3.01. The third-order valence-electron chi connectivity index (χ3n) is 4.20. The first-order valence-electron chi connectivity index (χ1n) is 7.30. The fraction of sp³-hybridized carbons (Fsp3) is 0.533. The maximum absolute atomic E-state index is 12.6. The lowest BCUT2D eigenvalue weighted by Gasteiger charge is -2.28. The van der Waals surface area contributed by atoms with Crippen molar-refractivity contribution in [2.24, 2.45) is 0 Å². The minimum absolute atomic E-state index is 0.00190. The molecule has 3 rings (SSSR count). The molecule has 2 aliphatic rings. The van der Waals surface area contributed by atoms with E-state index < -0.39 is 9.84 Å². The molecule has 2 heterocycles. The zero-order valence-electron chi connectivity index (χ0n) is 12.1. The molecular weight excluding hydrogens is 288 g/mol. The standard InChI is InChI=1S/C15H20N2O3S/c1-11-8-12-4-2-3-5-14(12)17(11)15(18)9-13-10-21(19,20)7-6-16-13/h2-5,11,13,16H,6-10H2,1H3. The van der Waals surface area contributed by atoms with Gasteiger partial charge in [-0.3, -0.25) is 4.79 Å². The maximum Gasteiger partial charge on any atom is 0.228 e. The van der Waals surface area contributed by atoms with Crippen LogP contribution in [0.1, 0.15) is 18.9 Å². The van der Waals surface area contributed by atoms with Gasteiger partial charge < -0.3 is 10.2 Å². The SMILES string of the molecule is CC1Cc2ccccc2N1C(=O)CC1CS(=O)(=O)CCN1. The van der Waals surface area contributed by atoms with Crippen LogP contribution in [0.2, 0.25) is 0 Å². The molecule has 2 aliphatic heterocycles. The number of nitrogens with zero attached hydrogens (tertiary/aromatic N) is 1. The highest BCUT2D eigenvalue weighted by atomic mass is 32.2. The topological polar surface area (TPSA) is 66.5 Å². The predicted molar refractivity (Wildman–Crippen MR) is 82.2 cm³/mol. The van der Waals surface area contributed by atoms with Crippen LogP contribution in [0, 0.1) is 0 Å². The van der Waals surface area contributed by atoms with Gasteiger partial charge in [-0.1, -0.05) is 18.2 Å². The number of nitrogens with one attached hydrogen (secondary N) is 1. The highest BCUT2D eigenvalue weighted by Gasteiger charge is 2.33. The lowest BCUT2D eigenvalue weighted by atomic mass is 10.1. The van der Waals surface area contributed by atoms with Gasteiger partial charge in [0.15, 0.2) is 9.84 Å². The number of amides is 1. The highest BCUT2D eigenvalue weighted by molar-refractivity contribution is 7.91. The minimum Gasteiger partial charge on any atom is -0.311 e. The largest absolute Gasteiger partial charge is 0.311 e. The van der Waals surface area contributed by atoms with Gasteiger partial charge in [0, 0.05) is 30.7 Å². The fourth-order valence-electron chi connectivity index (χ4n) is 3.25. The molecule has 1 saturated heterocycles. The summed E-state index contributed by atoms with van der Waals surface area (Å²) in [6.07, 6.45) is 1.09. The van der Waals surface area contributed by atoms with E-state index in [-0.39, 0.29) is 35.9 Å². The summed E-state index contributed by atoms with van der Waals surface area (Å²) < 4.78 is 23.3. The first-order chi connectivity index (χ1) is 9.96. The molecule has 2 atom stereocenters. The number of rotatable bonds is 2. The van der Waals surface area contributed by atoms with Gasteiger partial charge in [-0.05, 0) is 25.0 Å². The molecule has 1 aromatic rings. The smallest absolute Gasteiger partial charge is 0.228 e. The highest BCUT2D eigenvalue weighted by Crippen LogP contribution is 2.32. The third-order valence-corrected chi connectivity index (χ3v) is 5.93. The quantitative estimate of drug-likeness (QED) is 0.875. The molecule has 1 N–H and O–H groups in total. The number of para-hydroxylation sites is 1. The van der Waals surface area contributed by atoms with Crippen molar-refractivity contribution in [3.8, 4) is 0 Å². The van der Waals surface area contributed by atoms with Crippen LogP contribution < -0.4 is 10.2 Å². The van der Waals surface area contributed by atoms with Crippen molar-refractivity contribution in [1.29, 1.82) is 0 Å². The van der Waals surface area contributed by atoms with E-state index in [1.54, 1.807) is 0 Å². The summed E-state index contributed by atoms with van der Waals surface area (Å²) in [6, 6.07) is 7.78. The van der Waals surface area contributed by atoms with Gasteiger partial charge in [-0.25, -0.2) is 8.42 Å².